The topological polar surface area (TPSA) is 71.2 Å². The molecule has 0 saturated heterocycles. The van der Waals surface area contributed by atoms with Gasteiger partial charge in [-0.1, -0.05) is 0 Å². The van der Waals surface area contributed by atoms with E-state index in [9.17, 15) is 4.79 Å². The molecule has 0 aliphatic carbocycles. The Morgan fingerprint density at radius 1 is 1.47 bits per heavy atom. The van der Waals surface area contributed by atoms with Crippen LogP contribution in [0.1, 0.15) is 15.4 Å². The fraction of sp³-hybridized carbons (Fsp3) is 0.231. The number of hydrogen-bond acceptors (Lipinski definition) is 5. The molecule has 100 valence electrons. The first-order chi connectivity index (χ1) is 9.08. The molecule has 1 aromatic heterocycles. The highest BCUT2D eigenvalue weighted by Gasteiger charge is 2.09. The van der Waals surface area contributed by atoms with E-state index in [-0.39, 0.29) is 5.91 Å². The van der Waals surface area contributed by atoms with Crippen molar-refractivity contribution in [2.45, 2.75) is 6.54 Å². The van der Waals surface area contributed by atoms with Crippen LogP contribution in [-0.2, 0) is 6.54 Å². The number of carbonyl (C=O) groups is 1. The largest absolute Gasteiger partial charge is 0.397 e. The summed E-state index contributed by atoms with van der Waals surface area (Å²) in [6.45, 7) is 0.628. The normalized spacial score (nSPS) is 10.2. The van der Waals surface area contributed by atoms with Crippen LogP contribution in [0.5, 0.6) is 0 Å². The quantitative estimate of drug-likeness (QED) is 0.838. The molecule has 1 heterocycles. The maximum absolute atomic E-state index is 11.8. The van der Waals surface area contributed by atoms with E-state index in [0.29, 0.717) is 17.8 Å². The minimum Gasteiger partial charge on any atom is -0.397 e. The number of rotatable bonds is 4. The van der Waals surface area contributed by atoms with E-state index in [4.69, 9.17) is 5.73 Å². The van der Waals surface area contributed by atoms with E-state index in [2.05, 4.69) is 10.3 Å². The van der Waals surface area contributed by atoms with Gasteiger partial charge in [-0.15, -0.1) is 11.3 Å². The third kappa shape index (κ3) is 3.23. The van der Waals surface area contributed by atoms with Gasteiger partial charge in [0.15, 0.2) is 0 Å². The fourth-order valence-corrected chi connectivity index (χ4v) is 2.18. The van der Waals surface area contributed by atoms with Crippen molar-refractivity contribution in [3.63, 3.8) is 0 Å². The lowest BCUT2D eigenvalue weighted by Gasteiger charge is -2.13. The number of amides is 1. The lowest BCUT2D eigenvalue weighted by Crippen LogP contribution is -2.21. The monoisotopic (exact) mass is 276 g/mol. The van der Waals surface area contributed by atoms with Gasteiger partial charge in [-0.25, -0.2) is 4.98 Å². The predicted molar refractivity (Wildman–Crippen MR) is 78.3 cm³/mol. The summed E-state index contributed by atoms with van der Waals surface area (Å²) in [6, 6.07) is 5.27. The van der Waals surface area contributed by atoms with Gasteiger partial charge in [0.1, 0.15) is 5.01 Å². The molecule has 0 bridgehead atoms. The van der Waals surface area contributed by atoms with Crippen molar-refractivity contribution in [3.8, 4) is 0 Å². The number of nitrogens with two attached hydrogens (primary N) is 1. The van der Waals surface area contributed by atoms with E-state index >= 15 is 0 Å². The van der Waals surface area contributed by atoms with Crippen LogP contribution < -0.4 is 11.1 Å². The first-order valence-corrected chi connectivity index (χ1v) is 6.69. The van der Waals surface area contributed by atoms with Gasteiger partial charge in [0.2, 0.25) is 0 Å². The lowest BCUT2D eigenvalue weighted by atomic mass is 10.1. The second-order valence-corrected chi connectivity index (χ2v) is 5.26. The number of nitrogen functional groups attached to an aromatic ring is 1. The van der Waals surface area contributed by atoms with E-state index in [1.807, 2.05) is 11.4 Å². The first kappa shape index (κ1) is 13.4. The second kappa shape index (κ2) is 5.71. The summed E-state index contributed by atoms with van der Waals surface area (Å²) in [5.41, 5.74) is 7.90. The lowest BCUT2D eigenvalue weighted by molar-refractivity contribution is 0.0827. The standard InChI is InChI=1S/C13H16N4OS/c1-17(2)13(18)9-3-4-11(10(14)7-9)16-8-12-15-5-6-19-12/h3-7,16H,8,14H2,1-2H3. The van der Waals surface area contributed by atoms with Gasteiger partial charge in [0.25, 0.3) is 5.91 Å². The molecule has 1 aromatic carbocycles. The molecule has 19 heavy (non-hydrogen) atoms. The zero-order valence-electron chi connectivity index (χ0n) is 10.9. The van der Waals surface area contributed by atoms with Gasteiger partial charge >= 0.3 is 0 Å². The molecule has 2 aromatic rings. The molecule has 3 N–H and O–H groups in total. The van der Waals surface area contributed by atoms with Crippen LogP contribution in [-0.4, -0.2) is 29.9 Å². The number of hydrogen-bond donors (Lipinski definition) is 2. The summed E-state index contributed by atoms with van der Waals surface area (Å²) in [5.74, 6) is -0.0572. The molecule has 5 nitrogen and oxygen atoms in total. The Morgan fingerprint density at radius 2 is 2.26 bits per heavy atom. The number of aromatic nitrogens is 1. The molecule has 2 rings (SSSR count). The van der Waals surface area contributed by atoms with Crippen LogP contribution in [0.25, 0.3) is 0 Å². The zero-order chi connectivity index (χ0) is 13.8. The van der Waals surface area contributed by atoms with Gasteiger partial charge in [-0.2, -0.15) is 0 Å². The molecule has 0 atom stereocenters. The molecule has 0 unspecified atom stereocenters. The minimum atomic E-state index is -0.0572. The smallest absolute Gasteiger partial charge is 0.253 e. The molecule has 1 amide bonds. The van der Waals surface area contributed by atoms with Crippen molar-refractivity contribution in [2.75, 3.05) is 25.1 Å². The van der Waals surface area contributed by atoms with E-state index in [1.54, 1.807) is 43.8 Å². The fourth-order valence-electron chi connectivity index (χ4n) is 1.63. The van der Waals surface area contributed by atoms with Crippen molar-refractivity contribution < 1.29 is 4.79 Å². The van der Waals surface area contributed by atoms with Gasteiger partial charge in [-0.3, -0.25) is 4.79 Å². The summed E-state index contributed by atoms with van der Waals surface area (Å²) < 4.78 is 0. The van der Waals surface area contributed by atoms with Crippen LogP contribution in [0.3, 0.4) is 0 Å². The van der Waals surface area contributed by atoms with E-state index in [0.717, 1.165) is 10.7 Å². The predicted octanol–water partition coefficient (Wildman–Crippen LogP) is 2.04. The Kier molecular flexibility index (Phi) is 4.01. The van der Waals surface area contributed by atoms with Crippen LogP contribution in [0, 0.1) is 0 Å². The molecule has 0 spiro atoms. The molecule has 6 heteroatoms. The van der Waals surface area contributed by atoms with Gasteiger partial charge in [-0.05, 0) is 18.2 Å². The molecular weight excluding hydrogens is 260 g/mol. The van der Waals surface area contributed by atoms with Crippen molar-refractivity contribution in [3.05, 3.63) is 40.3 Å². The number of benzene rings is 1. The second-order valence-electron chi connectivity index (χ2n) is 4.28. The summed E-state index contributed by atoms with van der Waals surface area (Å²) in [5, 5.41) is 6.13. The summed E-state index contributed by atoms with van der Waals surface area (Å²) in [6.07, 6.45) is 1.77. The third-order valence-corrected chi connectivity index (χ3v) is 3.40. The number of carbonyl (C=O) groups excluding carboxylic acids is 1. The van der Waals surface area contributed by atoms with Crippen molar-refractivity contribution in [2.24, 2.45) is 0 Å². The minimum absolute atomic E-state index is 0.0572. The van der Waals surface area contributed by atoms with Crippen LogP contribution in [0.4, 0.5) is 11.4 Å². The molecule has 0 aliphatic heterocycles. The summed E-state index contributed by atoms with van der Waals surface area (Å²) in [7, 11) is 3.43. The van der Waals surface area contributed by atoms with E-state index in [1.165, 1.54) is 4.90 Å². The average Bonchev–Trinajstić information content (AvgIpc) is 2.89. The van der Waals surface area contributed by atoms with Crippen LogP contribution in [0.15, 0.2) is 29.8 Å². The Bertz CT molecular complexity index is 566. The highest BCUT2D eigenvalue weighted by atomic mass is 32.1. The van der Waals surface area contributed by atoms with Crippen LogP contribution >= 0.6 is 11.3 Å². The Morgan fingerprint density at radius 3 is 2.84 bits per heavy atom. The Hall–Kier alpha value is -2.08. The van der Waals surface area contributed by atoms with Gasteiger partial charge in [0.05, 0.1) is 17.9 Å². The maximum Gasteiger partial charge on any atom is 0.253 e. The Balaban J connectivity index is 2.09. The number of thiazole rings is 1. The van der Waals surface area contributed by atoms with Crippen molar-refractivity contribution in [1.29, 1.82) is 0 Å². The molecule has 0 fully saturated rings. The molecule has 0 radical (unpaired) electrons. The van der Waals surface area contributed by atoms with E-state index < -0.39 is 0 Å². The SMILES string of the molecule is CN(C)C(=O)c1ccc(NCc2nccs2)c(N)c1. The number of nitrogens with one attached hydrogen (secondary N) is 1. The summed E-state index contributed by atoms with van der Waals surface area (Å²) in [4.78, 5) is 17.5. The van der Waals surface area contributed by atoms with Crippen molar-refractivity contribution >= 4 is 28.6 Å². The molecule has 0 aliphatic rings. The third-order valence-electron chi connectivity index (χ3n) is 2.62. The zero-order valence-corrected chi connectivity index (χ0v) is 11.7. The highest BCUT2D eigenvalue weighted by molar-refractivity contribution is 7.09. The molecule has 0 saturated carbocycles. The van der Waals surface area contributed by atoms with Crippen LogP contribution in [0.2, 0.25) is 0 Å². The number of anilines is 2. The molecular formula is C13H16N4OS. The van der Waals surface area contributed by atoms with Crippen molar-refractivity contribution in [1.82, 2.24) is 9.88 Å². The maximum atomic E-state index is 11.8. The highest BCUT2D eigenvalue weighted by Crippen LogP contribution is 2.21. The average molecular weight is 276 g/mol. The van der Waals surface area contributed by atoms with Gasteiger partial charge < -0.3 is 16.0 Å². The Labute approximate surface area is 116 Å². The number of nitrogens with zero attached hydrogens (tertiary/aromatic N) is 2. The first-order valence-electron chi connectivity index (χ1n) is 5.81. The summed E-state index contributed by atoms with van der Waals surface area (Å²) >= 11 is 1.58. The van der Waals surface area contributed by atoms with Gasteiger partial charge in [0, 0.05) is 31.2 Å².